The lowest BCUT2D eigenvalue weighted by atomic mass is 10.2. The first kappa shape index (κ1) is 19.8. The Morgan fingerprint density at radius 1 is 1.16 bits per heavy atom. The summed E-state index contributed by atoms with van der Waals surface area (Å²) in [4.78, 5) is 23.3. The number of rotatable bonds is 5. The number of thiocarbonyl (C=S) groups is 1. The third-order valence-corrected chi connectivity index (χ3v) is 4.57. The van der Waals surface area contributed by atoms with E-state index in [0.717, 1.165) is 3.57 Å². The van der Waals surface area contributed by atoms with Gasteiger partial charge in [-0.05, 0) is 81.7 Å². The fraction of sp³-hybridized carbons (Fsp3) is 0.0625. The van der Waals surface area contributed by atoms with E-state index in [1.54, 1.807) is 30.3 Å². The molecule has 1 amide bonds. The Morgan fingerprint density at radius 2 is 1.84 bits per heavy atom. The molecule has 0 aromatic heterocycles. The van der Waals surface area contributed by atoms with Gasteiger partial charge in [0.2, 0.25) is 0 Å². The van der Waals surface area contributed by atoms with Crippen LogP contribution in [0.5, 0.6) is 5.75 Å². The number of amides is 1. The van der Waals surface area contributed by atoms with Crippen molar-refractivity contribution in [1.82, 2.24) is 5.32 Å². The number of hydrogen-bond donors (Lipinski definition) is 3. The van der Waals surface area contributed by atoms with Crippen LogP contribution in [-0.4, -0.2) is 28.7 Å². The van der Waals surface area contributed by atoms with Crippen LogP contribution in [-0.2, 0) is 4.79 Å². The molecule has 0 aliphatic heterocycles. The van der Waals surface area contributed by atoms with E-state index in [0.29, 0.717) is 15.0 Å². The number of carboxylic acid groups (broad SMARTS) is 1. The van der Waals surface area contributed by atoms with Crippen molar-refractivity contribution in [2.45, 2.75) is 0 Å². The van der Waals surface area contributed by atoms with Crippen molar-refractivity contribution < 1.29 is 19.4 Å². The fourth-order valence-corrected chi connectivity index (χ4v) is 4.04. The molecule has 0 saturated heterocycles. The van der Waals surface area contributed by atoms with Gasteiger partial charge >= 0.3 is 5.97 Å². The second-order valence-corrected chi connectivity index (χ2v) is 7.54. The molecule has 0 bridgehead atoms. The zero-order valence-electron chi connectivity index (χ0n) is 12.6. The van der Waals surface area contributed by atoms with Crippen LogP contribution in [0.15, 0.2) is 42.5 Å². The smallest absolute Gasteiger partial charge is 0.337 e. The number of benzene rings is 2. The average Bonchev–Trinajstić information content (AvgIpc) is 2.56. The number of aromatic carboxylic acids is 1. The van der Waals surface area contributed by atoms with Gasteiger partial charge in [-0.15, -0.1) is 0 Å². The molecule has 0 aliphatic rings. The number of para-hydroxylation sites is 1. The lowest BCUT2D eigenvalue weighted by Gasteiger charge is -2.14. The molecule has 0 radical (unpaired) electrons. The number of halogens is 2. The van der Waals surface area contributed by atoms with Crippen LogP contribution >= 0.6 is 57.4 Å². The van der Waals surface area contributed by atoms with Crippen LogP contribution in [0.25, 0.3) is 0 Å². The Balaban J connectivity index is 1.98. The van der Waals surface area contributed by atoms with E-state index in [2.05, 4.69) is 10.6 Å². The predicted octanol–water partition coefficient (Wildman–Crippen LogP) is 3.49. The Hall–Kier alpha value is -1.47. The summed E-state index contributed by atoms with van der Waals surface area (Å²) in [6.07, 6.45) is 0. The van der Waals surface area contributed by atoms with Crippen molar-refractivity contribution in [2.75, 3.05) is 11.9 Å². The molecular formula is C16H12I2N2O4S. The molecule has 3 N–H and O–H groups in total. The maximum atomic E-state index is 11.9. The van der Waals surface area contributed by atoms with Crippen molar-refractivity contribution in [2.24, 2.45) is 0 Å². The van der Waals surface area contributed by atoms with Crippen molar-refractivity contribution in [3.63, 3.8) is 0 Å². The Morgan fingerprint density at radius 3 is 2.48 bits per heavy atom. The molecule has 25 heavy (non-hydrogen) atoms. The van der Waals surface area contributed by atoms with E-state index in [1.807, 2.05) is 51.2 Å². The minimum absolute atomic E-state index is 0.00304. The quantitative estimate of drug-likeness (QED) is 0.370. The molecule has 9 heteroatoms. The van der Waals surface area contributed by atoms with Crippen molar-refractivity contribution >= 4 is 80.1 Å². The van der Waals surface area contributed by atoms with Gasteiger partial charge in [0, 0.05) is 7.14 Å². The second kappa shape index (κ2) is 9.29. The number of hydrogen-bond acceptors (Lipinski definition) is 4. The van der Waals surface area contributed by atoms with Crippen LogP contribution in [0, 0.1) is 7.14 Å². The van der Waals surface area contributed by atoms with E-state index in [1.165, 1.54) is 6.07 Å². The summed E-state index contributed by atoms with van der Waals surface area (Å²) >= 11 is 9.13. The first-order valence-corrected chi connectivity index (χ1v) is 9.44. The monoisotopic (exact) mass is 582 g/mol. The summed E-state index contributed by atoms with van der Waals surface area (Å²) < 4.78 is 6.79. The highest BCUT2D eigenvalue weighted by atomic mass is 127. The summed E-state index contributed by atoms with van der Waals surface area (Å²) in [7, 11) is 0. The lowest BCUT2D eigenvalue weighted by molar-refractivity contribution is -0.121. The number of carbonyl (C=O) groups is 2. The van der Waals surface area contributed by atoms with Crippen LogP contribution < -0.4 is 15.4 Å². The van der Waals surface area contributed by atoms with Gasteiger partial charge in [0.25, 0.3) is 5.91 Å². The molecule has 0 unspecified atom stereocenters. The summed E-state index contributed by atoms with van der Waals surface area (Å²) in [6, 6.07) is 12.2. The lowest BCUT2D eigenvalue weighted by Crippen LogP contribution is -2.37. The third kappa shape index (κ3) is 6.08. The number of nitrogens with one attached hydrogen (secondary N) is 2. The van der Waals surface area contributed by atoms with Gasteiger partial charge in [-0.3, -0.25) is 10.1 Å². The molecular weight excluding hydrogens is 570 g/mol. The normalized spacial score (nSPS) is 10.0. The molecule has 0 fully saturated rings. The molecule has 6 nitrogen and oxygen atoms in total. The maximum Gasteiger partial charge on any atom is 0.337 e. The van der Waals surface area contributed by atoms with Crippen LogP contribution in [0.2, 0.25) is 0 Å². The van der Waals surface area contributed by atoms with Gasteiger partial charge < -0.3 is 15.2 Å². The number of anilines is 1. The molecule has 0 aliphatic carbocycles. The Bertz CT molecular complexity index is 815. The van der Waals surface area contributed by atoms with Gasteiger partial charge in [0.05, 0.1) is 11.3 Å². The van der Waals surface area contributed by atoms with Gasteiger partial charge in [0.15, 0.2) is 11.7 Å². The molecule has 0 heterocycles. The largest absolute Gasteiger partial charge is 0.484 e. The van der Waals surface area contributed by atoms with E-state index < -0.39 is 11.9 Å². The highest BCUT2D eigenvalue weighted by Crippen LogP contribution is 2.26. The molecule has 0 atom stereocenters. The first-order chi connectivity index (χ1) is 11.9. The second-order valence-electron chi connectivity index (χ2n) is 4.72. The van der Waals surface area contributed by atoms with Gasteiger partial charge in [-0.25, -0.2) is 4.79 Å². The maximum absolute atomic E-state index is 11.9. The first-order valence-electron chi connectivity index (χ1n) is 6.88. The molecule has 2 aromatic carbocycles. The van der Waals surface area contributed by atoms with E-state index in [9.17, 15) is 14.7 Å². The van der Waals surface area contributed by atoms with Crippen molar-refractivity contribution in [3.8, 4) is 5.75 Å². The molecule has 130 valence electrons. The third-order valence-electron chi connectivity index (χ3n) is 2.89. The summed E-state index contributed by atoms with van der Waals surface area (Å²) in [5.74, 6) is -0.962. The highest BCUT2D eigenvalue weighted by molar-refractivity contribution is 14.1. The zero-order chi connectivity index (χ0) is 18.4. The summed E-state index contributed by atoms with van der Waals surface area (Å²) in [5, 5.41) is 14.6. The molecule has 2 aromatic rings. The topological polar surface area (TPSA) is 87.7 Å². The van der Waals surface area contributed by atoms with Crippen molar-refractivity contribution in [1.29, 1.82) is 0 Å². The zero-order valence-corrected chi connectivity index (χ0v) is 17.7. The predicted molar refractivity (Wildman–Crippen MR) is 115 cm³/mol. The molecule has 2 rings (SSSR count). The minimum Gasteiger partial charge on any atom is -0.484 e. The Kier molecular flexibility index (Phi) is 7.38. The van der Waals surface area contributed by atoms with Crippen LogP contribution in [0.3, 0.4) is 0 Å². The van der Waals surface area contributed by atoms with Gasteiger partial charge in [-0.1, -0.05) is 18.2 Å². The van der Waals surface area contributed by atoms with Crippen molar-refractivity contribution in [3.05, 3.63) is 55.2 Å². The number of carbonyl (C=O) groups excluding carboxylic acids is 1. The highest BCUT2D eigenvalue weighted by Gasteiger charge is 2.16. The SMILES string of the molecule is O=C(COc1ccccc1)NC(=S)Nc1c(I)cc(I)cc1C(=O)O. The van der Waals surface area contributed by atoms with Gasteiger partial charge in [0.1, 0.15) is 5.75 Å². The standard InChI is InChI=1S/C16H12I2N2O4S/c17-9-6-11(15(22)23)14(12(18)7-9)20-16(25)19-13(21)8-24-10-4-2-1-3-5-10/h1-7H,8H2,(H,22,23)(H2,19,20,21,25). The van der Waals surface area contributed by atoms with E-state index >= 15 is 0 Å². The summed E-state index contributed by atoms with van der Waals surface area (Å²) in [5.41, 5.74) is 0.413. The van der Waals surface area contributed by atoms with Crippen LogP contribution in [0.1, 0.15) is 10.4 Å². The number of ether oxygens (including phenoxy) is 1. The van der Waals surface area contributed by atoms with E-state index in [4.69, 9.17) is 17.0 Å². The van der Waals surface area contributed by atoms with E-state index in [-0.39, 0.29) is 17.3 Å². The number of carboxylic acids is 1. The minimum atomic E-state index is -1.08. The summed E-state index contributed by atoms with van der Waals surface area (Å²) in [6.45, 7) is -0.207. The molecule has 0 saturated carbocycles. The molecule has 0 spiro atoms. The average molecular weight is 582 g/mol. The van der Waals surface area contributed by atoms with Crippen LogP contribution in [0.4, 0.5) is 5.69 Å². The Labute approximate surface area is 176 Å². The fourth-order valence-electron chi connectivity index (χ4n) is 1.84. The van der Waals surface area contributed by atoms with Gasteiger partial charge in [-0.2, -0.15) is 0 Å².